The normalized spacial score (nSPS) is 10.4. The molecule has 5 heteroatoms. The first kappa shape index (κ1) is 14.0. The smallest absolute Gasteiger partial charge is 0.323 e. The fourth-order valence-corrected chi connectivity index (χ4v) is 1.72. The van der Waals surface area contributed by atoms with E-state index >= 15 is 0 Å². The lowest BCUT2D eigenvalue weighted by Gasteiger charge is -2.07. The highest BCUT2D eigenvalue weighted by Crippen LogP contribution is 2.26. The Morgan fingerprint density at radius 2 is 1.90 bits per heavy atom. The van der Waals surface area contributed by atoms with Crippen LogP contribution in [0.1, 0.15) is 5.56 Å². The van der Waals surface area contributed by atoms with Crippen LogP contribution in [0.2, 0.25) is 5.02 Å². The van der Waals surface area contributed by atoms with Gasteiger partial charge in [-0.3, -0.25) is 0 Å². The van der Waals surface area contributed by atoms with Crippen LogP contribution >= 0.6 is 11.6 Å². The van der Waals surface area contributed by atoms with Crippen molar-refractivity contribution in [2.45, 2.75) is 0 Å². The molecule has 0 fully saturated rings. The van der Waals surface area contributed by atoms with Crippen molar-refractivity contribution in [2.75, 3.05) is 5.32 Å². The van der Waals surface area contributed by atoms with Crippen LogP contribution in [-0.2, 0) is 0 Å². The molecule has 0 aromatic heterocycles. The van der Waals surface area contributed by atoms with Gasteiger partial charge < -0.3 is 15.7 Å². The van der Waals surface area contributed by atoms with Gasteiger partial charge >= 0.3 is 6.03 Å². The molecule has 0 unspecified atom stereocenters. The highest BCUT2D eigenvalue weighted by atomic mass is 35.5. The summed E-state index contributed by atoms with van der Waals surface area (Å²) in [7, 11) is 0. The Bertz CT molecular complexity index is 627. The largest absolute Gasteiger partial charge is 0.506 e. The molecule has 0 aliphatic carbocycles. The molecule has 0 aliphatic heterocycles. The quantitative estimate of drug-likeness (QED) is 0.752. The van der Waals surface area contributed by atoms with Crippen LogP contribution in [0, 0.1) is 0 Å². The second kappa shape index (κ2) is 6.63. The molecular weight excluding hydrogens is 276 g/mol. The predicted molar refractivity (Wildman–Crippen MR) is 80.7 cm³/mol. The summed E-state index contributed by atoms with van der Waals surface area (Å²) in [5, 5.41) is 15.0. The van der Waals surface area contributed by atoms with Gasteiger partial charge in [0.1, 0.15) is 5.75 Å². The molecule has 2 rings (SSSR count). The summed E-state index contributed by atoms with van der Waals surface area (Å²) in [6.07, 6.45) is 3.28. The SMILES string of the molecule is O=C(NC=Cc1ccccc1)Nc1cc(Cl)ccc1O. The number of amides is 2. The molecule has 102 valence electrons. The van der Waals surface area contributed by atoms with Crippen molar-refractivity contribution >= 4 is 29.4 Å². The van der Waals surface area contributed by atoms with Crippen molar-refractivity contribution in [3.63, 3.8) is 0 Å². The molecule has 0 spiro atoms. The number of phenols is 1. The summed E-state index contributed by atoms with van der Waals surface area (Å²) in [5.41, 5.74) is 1.22. The molecule has 0 saturated heterocycles. The van der Waals surface area contributed by atoms with Crippen molar-refractivity contribution in [3.8, 4) is 5.75 Å². The first-order chi connectivity index (χ1) is 9.65. The fourth-order valence-electron chi connectivity index (χ4n) is 1.54. The van der Waals surface area contributed by atoms with Crippen molar-refractivity contribution in [1.29, 1.82) is 0 Å². The lowest BCUT2D eigenvalue weighted by Crippen LogP contribution is -2.23. The van der Waals surface area contributed by atoms with Crippen molar-refractivity contribution in [2.24, 2.45) is 0 Å². The van der Waals surface area contributed by atoms with Crippen molar-refractivity contribution < 1.29 is 9.90 Å². The van der Waals surface area contributed by atoms with E-state index in [1.54, 1.807) is 6.08 Å². The zero-order valence-corrected chi connectivity index (χ0v) is 11.3. The van der Waals surface area contributed by atoms with Crippen LogP contribution in [-0.4, -0.2) is 11.1 Å². The monoisotopic (exact) mass is 288 g/mol. The third kappa shape index (κ3) is 4.03. The first-order valence-electron chi connectivity index (χ1n) is 5.93. The van der Waals surface area contributed by atoms with Crippen LogP contribution in [0.4, 0.5) is 10.5 Å². The number of urea groups is 1. The summed E-state index contributed by atoms with van der Waals surface area (Å²) in [6.45, 7) is 0. The Hall–Kier alpha value is -2.46. The van der Waals surface area contributed by atoms with Crippen molar-refractivity contribution in [3.05, 3.63) is 65.3 Å². The van der Waals surface area contributed by atoms with E-state index in [1.165, 1.54) is 24.4 Å². The van der Waals surface area contributed by atoms with Crippen LogP contribution < -0.4 is 10.6 Å². The first-order valence-corrected chi connectivity index (χ1v) is 6.30. The van der Waals surface area contributed by atoms with Crippen molar-refractivity contribution in [1.82, 2.24) is 5.32 Å². The van der Waals surface area contributed by atoms with Gasteiger partial charge in [0.2, 0.25) is 0 Å². The summed E-state index contributed by atoms with van der Waals surface area (Å²) in [4.78, 5) is 11.6. The average Bonchev–Trinajstić information content (AvgIpc) is 2.44. The van der Waals surface area contributed by atoms with E-state index < -0.39 is 6.03 Å². The maximum atomic E-state index is 11.6. The summed E-state index contributed by atoms with van der Waals surface area (Å²) in [6, 6.07) is 13.5. The van der Waals surface area contributed by atoms with Crippen LogP contribution in [0.3, 0.4) is 0 Å². The van der Waals surface area contributed by atoms with E-state index in [0.29, 0.717) is 5.02 Å². The highest BCUT2D eigenvalue weighted by molar-refractivity contribution is 6.31. The number of nitrogens with one attached hydrogen (secondary N) is 2. The lowest BCUT2D eigenvalue weighted by molar-refractivity contribution is 0.255. The zero-order chi connectivity index (χ0) is 14.4. The maximum absolute atomic E-state index is 11.6. The molecule has 2 aromatic rings. The number of hydrogen-bond donors (Lipinski definition) is 3. The van der Waals surface area contributed by atoms with E-state index in [9.17, 15) is 9.90 Å². The third-order valence-corrected chi connectivity index (χ3v) is 2.73. The second-order valence-corrected chi connectivity index (χ2v) is 4.44. The Labute approximate surface area is 121 Å². The number of carbonyl (C=O) groups excluding carboxylic acids is 1. The molecule has 0 saturated carbocycles. The second-order valence-electron chi connectivity index (χ2n) is 4.00. The predicted octanol–water partition coefficient (Wildman–Crippen LogP) is 3.84. The molecule has 20 heavy (non-hydrogen) atoms. The molecule has 0 bridgehead atoms. The van der Waals surface area contributed by atoms with Gasteiger partial charge in [0.05, 0.1) is 5.69 Å². The average molecular weight is 289 g/mol. The Morgan fingerprint density at radius 3 is 2.65 bits per heavy atom. The highest BCUT2D eigenvalue weighted by Gasteiger charge is 2.05. The minimum atomic E-state index is -0.463. The number of halogens is 1. The number of phenolic OH excluding ortho intramolecular Hbond substituents is 1. The number of aromatic hydroxyl groups is 1. The summed E-state index contributed by atoms with van der Waals surface area (Å²) < 4.78 is 0. The van der Waals surface area contributed by atoms with Gasteiger partial charge in [-0.05, 0) is 29.8 Å². The van der Waals surface area contributed by atoms with Crippen LogP contribution in [0.5, 0.6) is 5.75 Å². The fraction of sp³-hybridized carbons (Fsp3) is 0. The van der Waals surface area contributed by atoms with Crippen LogP contribution in [0.25, 0.3) is 6.08 Å². The maximum Gasteiger partial charge on any atom is 0.323 e. The molecule has 0 radical (unpaired) electrons. The van der Waals surface area contributed by atoms with Gasteiger partial charge in [-0.2, -0.15) is 0 Å². The summed E-state index contributed by atoms with van der Waals surface area (Å²) in [5.74, 6) is -0.0448. The number of rotatable bonds is 3. The van der Waals surface area contributed by atoms with Gasteiger partial charge in [-0.1, -0.05) is 41.9 Å². The molecule has 2 amide bonds. The topological polar surface area (TPSA) is 61.4 Å². The standard InChI is InChI=1S/C15H13ClN2O2/c16-12-6-7-14(19)13(10-12)18-15(20)17-9-8-11-4-2-1-3-5-11/h1-10,19H,(H2,17,18,20). The molecule has 0 atom stereocenters. The van der Waals surface area contributed by atoms with Gasteiger partial charge in [0, 0.05) is 11.2 Å². The van der Waals surface area contributed by atoms with E-state index in [2.05, 4.69) is 10.6 Å². The molecule has 4 nitrogen and oxygen atoms in total. The molecule has 3 N–H and O–H groups in total. The van der Waals surface area contributed by atoms with Gasteiger partial charge in [-0.15, -0.1) is 0 Å². The number of hydrogen-bond acceptors (Lipinski definition) is 2. The molecule has 0 heterocycles. The number of anilines is 1. The van der Waals surface area contributed by atoms with Gasteiger partial charge in [-0.25, -0.2) is 4.79 Å². The minimum Gasteiger partial charge on any atom is -0.506 e. The van der Waals surface area contributed by atoms with E-state index in [0.717, 1.165) is 5.56 Å². The molecule has 0 aliphatic rings. The number of benzene rings is 2. The Kier molecular flexibility index (Phi) is 4.63. The minimum absolute atomic E-state index is 0.0448. The zero-order valence-electron chi connectivity index (χ0n) is 10.5. The van der Waals surface area contributed by atoms with Gasteiger partial charge in [0.25, 0.3) is 0 Å². The number of carbonyl (C=O) groups is 1. The lowest BCUT2D eigenvalue weighted by atomic mass is 10.2. The summed E-state index contributed by atoms with van der Waals surface area (Å²) >= 11 is 5.79. The van der Waals surface area contributed by atoms with E-state index in [4.69, 9.17) is 11.6 Å². The Morgan fingerprint density at radius 1 is 1.15 bits per heavy atom. The van der Waals surface area contributed by atoms with Crippen LogP contribution in [0.15, 0.2) is 54.7 Å². The molecule has 2 aromatic carbocycles. The Balaban J connectivity index is 1.93. The molecular formula is C15H13ClN2O2. The van der Waals surface area contributed by atoms with Gasteiger partial charge in [0.15, 0.2) is 0 Å². The van der Waals surface area contributed by atoms with E-state index in [1.807, 2.05) is 30.3 Å². The van der Waals surface area contributed by atoms with E-state index in [-0.39, 0.29) is 11.4 Å². The third-order valence-electron chi connectivity index (χ3n) is 2.50.